The highest BCUT2D eigenvalue weighted by molar-refractivity contribution is 6.33. The van der Waals surface area contributed by atoms with Crippen LogP contribution in [0.15, 0.2) is 30.9 Å². The smallest absolute Gasteiger partial charge is 0.337 e. The Labute approximate surface area is 109 Å². The first kappa shape index (κ1) is 14.1. The van der Waals surface area contributed by atoms with E-state index >= 15 is 0 Å². The van der Waals surface area contributed by atoms with Crippen LogP contribution in [0.5, 0.6) is 0 Å². The predicted molar refractivity (Wildman–Crippen MR) is 70.2 cm³/mol. The molecule has 5 nitrogen and oxygen atoms in total. The largest absolute Gasteiger partial charge is 0.478 e. The van der Waals surface area contributed by atoms with E-state index in [9.17, 15) is 9.59 Å². The van der Waals surface area contributed by atoms with E-state index in [0.29, 0.717) is 5.69 Å². The molecule has 0 spiro atoms. The van der Waals surface area contributed by atoms with Crippen molar-refractivity contribution in [1.29, 1.82) is 0 Å². The third-order valence-corrected chi connectivity index (χ3v) is 2.50. The van der Waals surface area contributed by atoms with Gasteiger partial charge in [-0.1, -0.05) is 17.7 Å². The number of carboxylic acid groups (broad SMARTS) is 1. The lowest BCUT2D eigenvalue weighted by Gasteiger charge is -2.11. The number of urea groups is 1. The Morgan fingerprint density at radius 3 is 2.72 bits per heavy atom. The van der Waals surface area contributed by atoms with Crippen molar-refractivity contribution in [3.05, 3.63) is 41.4 Å². The van der Waals surface area contributed by atoms with E-state index in [4.69, 9.17) is 16.7 Å². The normalized spacial score (nSPS) is 11.4. The van der Waals surface area contributed by atoms with E-state index in [-0.39, 0.29) is 16.6 Å². The maximum absolute atomic E-state index is 11.5. The summed E-state index contributed by atoms with van der Waals surface area (Å²) >= 11 is 5.71. The molecular weight excluding hydrogens is 256 g/mol. The molecule has 0 fully saturated rings. The number of carbonyl (C=O) groups excluding carboxylic acids is 1. The molecule has 1 aromatic carbocycles. The highest BCUT2D eigenvalue weighted by atomic mass is 35.5. The Hall–Kier alpha value is -2.01. The predicted octanol–water partition coefficient (Wildman–Crippen LogP) is 2.73. The molecule has 18 heavy (non-hydrogen) atoms. The van der Waals surface area contributed by atoms with Crippen molar-refractivity contribution >= 4 is 29.3 Å². The summed E-state index contributed by atoms with van der Waals surface area (Å²) in [6.45, 7) is 5.29. The number of aromatic carboxylic acids is 1. The molecule has 0 aliphatic heterocycles. The number of benzene rings is 1. The van der Waals surface area contributed by atoms with Gasteiger partial charge in [0.1, 0.15) is 0 Å². The molecule has 0 aromatic heterocycles. The van der Waals surface area contributed by atoms with Gasteiger partial charge in [-0.15, -0.1) is 6.58 Å². The van der Waals surface area contributed by atoms with Crippen LogP contribution in [0.3, 0.4) is 0 Å². The lowest BCUT2D eigenvalue weighted by atomic mass is 10.2. The van der Waals surface area contributed by atoms with Crippen molar-refractivity contribution in [1.82, 2.24) is 5.32 Å². The Bertz CT molecular complexity index is 488. The van der Waals surface area contributed by atoms with Gasteiger partial charge in [-0.2, -0.15) is 0 Å². The Balaban J connectivity index is 2.79. The first-order chi connectivity index (χ1) is 8.43. The van der Waals surface area contributed by atoms with Gasteiger partial charge in [0, 0.05) is 11.7 Å². The van der Waals surface area contributed by atoms with Crippen LogP contribution in [0.25, 0.3) is 0 Å². The SMILES string of the molecule is C=CC(C)NC(=O)Nc1ccc(Cl)c(C(=O)O)c1. The fraction of sp³-hybridized carbons (Fsp3) is 0.167. The molecule has 0 radical (unpaired) electrons. The second kappa shape index (κ2) is 6.07. The second-order valence-corrected chi connectivity index (χ2v) is 4.03. The second-order valence-electron chi connectivity index (χ2n) is 3.62. The zero-order valence-corrected chi connectivity index (χ0v) is 10.5. The summed E-state index contributed by atoms with van der Waals surface area (Å²) in [7, 11) is 0. The number of nitrogens with one attached hydrogen (secondary N) is 2. The van der Waals surface area contributed by atoms with Crippen molar-refractivity contribution in [2.24, 2.45) is 0 Å². The van der Waals surface area contributed by atoms with Crippen LogP contribution in [0.4, 0.5) is 10.5 Å². The van der Waals surface area contributed by atoms with E-state index in [0.717, 1.165) is 0 Å². The van der Waals surface area contributed by atoms with E-state index in [2.05, 4.69) is 17.2 Å². The van der Waals surface area contributed by atoms with Crippen molar-refractivity contribution in [3.8, 4) is 0 Å². The van der Waals surface area contributed by atoms with Gasteiger partial charge in [0.2, 0.25) is 0 Å². The molecule has 0 saturated heterocycles. The van der Waals surface area contributed by atoms with Gasteiger partial charge < -0.3 is 15.7 Å². The van der Waals surface area contributed by atoms with Crippen LogP contribution >= 0.6 is 11.6 Å². The van der Waals surface area contributed by atoms with Gasteiger partial charge in [-0.25, -0.2) is 9.59 Å². The molecule has 0 heterocycles. The average molecular weight is 269 g/mol. The maximum atomic E-state index is 11.5. The lowest BCUT2D eigenvalue weighted by molar-refractivity contribution is 0.0697. The molecule has 1 unspecified atom stereocenters. The highest BCUT2D eigenvalue weighted by Gasteiger charge is 2.11. The molecule has 2 amide bonds. The minimum atomic E-state index is -1.15. The molecule has 6 heteroatoms. The number of halogens is 1. The quantitative estimate of drug-likeness (QED) is 0.735. The number of hydrogen-bond donors (Lipinski definition) is 3. The third-order valence-electron chi connectivity index (χ3n) is 2.17. The van der Waals surface area contributed by atoms with Gasteiger partial charge >= 0.3 is 12.0 Å². The maximum Gasteiger partial charge on any atom is 0.337 e. The van der Waals surface area contributed by atoms with E-state index in [1.807, 2.05) is 0 Å². The van der Waals surface area contributed by atoms with Crippen molar-refractivity contribution < 1.29 is 14.7 Å². The summed E-state index contributed by atoms with van der Waals surface area (Å²) in [4.78, 5) is 22.4. The molecule has 3 N–H and O–H groups in total. The summed E-state index contributed by atoms with van der Waals surface area (Å²) in [6.07, 6.45) is 1.57. The lowest BCUT2D eigenvalue weighted by Crippen LogP contribution is -2.34. The molecule has 1 atom stereocenters. The standard InChI is InChI=1S/C12H13ClN2O3/c1-3-7(2)14-12(18)15-8-4-5-10(13)9(6-8)11(16)17/h3-7H,1H2,2H3,(H,16,17)(H2,14,15,18). The van der Waals surface area contributed by atoms with Gasteiger partial charge in [-0.3, -0.25) is 0 Å². The fourth-order valence-electron chi connectivity index (χ4n) is 1.20. The van der Waals surface area contributed by atoms with Gasteiger partial charge in [0.15, 0.2) is 0 Å². The molecule has 96 valence electrons. The number of amides is 2. The van der Waals surface area contributed by atoms with E-state index < -0.39 is 12.0 Å². The van der Waals surface area contributed by atoms with Crippen LogP contribution in [-0.2, 0) is 0 Å². The summed E-state index contributed by atoms with van der Waals surface area (Å²) in [5.74, 6) is -1.15. The summed E-state index contributed by atoms with van der Waals surface area (Å²) in [5.41, 5.74) is 0.289. The van der Waals surface area contributed by atoms with Gasteiger partial charge in [-0.05, 0) is 25.1 Å². The Morgan fingerprint density at radius 2 is 2.17 bits per heavy atom. The minimum absolute atomic E-state index is 0.0637. The zero-order chi connectivity index (χ0) is 13.7. The van der Waals surface area contributed by atoms with Crippen LogP contribution < -0.4 is 10.6 Å². The van der Waals surface area contributed by atoms with Gasteiger partial charge in [0.05, 0.1) is 10.6 Å². The first-order valence-corrected chi connectivity index (χ1v) is 5.54. The minimum Gasteiger partial charge on any atom is -0.478 e. The molecule has 0 bridgehead atoms. The van der Waals surface area contributed by atoms with Crippen molar-refractivity contribution in [2.45, 2.75) is 13.0 Å². The number of hydrogen-bond acceptors (Lipinski definition) is 2. The van der Waals surface area contributed by atoms with E-state index in [1.165, 1.54) is 18.2 Å². The number of carboxylic acids is 1. The average Bonchev–Trinajstić information content (AvgIpc) is 2.31. The molecule has 0 aliphatic carbocycles. The van der Waals surface area contributed by atoms with Crippen LogP contribution in [-0.4, -0.2) is 23.1 Å². The molecule has 0 saturated carbocycles. The topological polar surface area (TPSA) is 78.4 Å². The van der Waals surface area contributed by atoms with Crippen LogP contribution in [0.2, 0.25) is 5.02 Å². The monoisotopic (exact) mass is 268 g/mol. The van der Waals surface area contributed by atoms with Crippen LogP contribution in [0, 0.1) is 0 Å². The first-order valence-electron chi connectivity index (χ1n) is 5.17. The fourth-order valence-corrected chi connectivity index (χ4v) is 1.40. The van der Waals surface area contributed by atoms with E-state index in [1.54, 1.807) is 13.0 Å². The Morgan fingerprint density at radius 1 is 1.50 bits per heavy atom. The molecular formula is C12H13ClN2O3. The molecule has 1 rings (SSSR count). The summed E-state index contributed by atoms with van der Waals surface area (Å²) in [5, 5.41) is 14.1. The van der Waals surface area contributed by atoms with Crippen molar-refractivity contribution in [3.63, 3.8) is 0 Å². The summed E-state index contributed by atoms with van der Waals surface area (Å²) in [6, 6.07) is 3.60. The number of carbonyl (C=O) groups is 2. The highest BCUT2D eigenvalue weighted by Crippen LogP contribution is 2.20. The zero-order valence-electron chi connectivity index (χ0n) is 9.74. The number of rotatable bonds is 4. The van der Waals surface area contributed by atoms with Crippen LogP contribution in [0.1, 0.15) is 17.3 Å². The molecule has 1 aromatic rings. The molecule has 0 aliphatic rings. The third kappa shape index (κ3) is 3.78. The van der Waals surface area contributed by atoms with Gasteiger partial charge in [0.25, 0.3) is 0 Å². The Kier molecular flexibility index (Phi) is 4.74. The summed E-state index contributed by atoms with van der Waals surface area (Å²) < 4.78 is 0. The van der Waals surface area contributed by atoms with Crippen molar-refractivity contribution in [2.75, 3.05) is 5.32 Å². The number of anilines is 1.